The Morgan fingerprint density at radius 3 is 3.06 bits per heavy atom. The van der Waals surface area contributed by atoms with Crippen LogP contribution in [0.5, 0.6) is 0 Å². The number of hydrogen-bond donors (Lipinski definition) is 1. The first-order valence-corrected chi connectivity index (χ1v) is 7.19. The molecule has 0 aromatic rings. The number of nitriles is 1. The van der Waals surface area contributed by atoms with Gasteiger partial charge in [-0.3, -0.25) is 4.79 Å². The minimum absolute atomic E-state index is 0.0739. The standard InChI is InChI=1S/C11H13BrN2OS/c1-6(12)10(15)14-11-8(5-13)7-3-2-4-9(7)16-11/h6-7,9H,2-4H2,1H3,(H,14,15)/t6-,7-,9+/m1/s1. The highest BCUT2D eigenvalue weighted by atomic mass is 79.9. The van der Waals surface area contributed by atoms with Crippen molar-refractivity contribution < 1.29 is 4.79 Å². The Kier molecular flexibility index (Phi) is 3.60. The summed E-state index contributed by atoms with van der Waals surface area (Å²) >= 11 is 4.89. The molecule has 1 aliphatic carbocycles. The Balaban J connectivity index is 2.14. The van der Waals surface area contributed by atoms with E-state index >= 15 is 0 Å². The largest absolute Gasteiger partial charge is 0.319 e. The third-order valence-corrected chi connectivity index (χ3v) is 4.90. The van der Waals surface area contributed by atoms with Crippen LogP contribution in [0.25, 0.3) is 0 Å². The van der Waals surface area contributed by atoms with Gasteiger partial charge in [0.2, 0.25) is 5.91 Å². The van der Waals surface area contributed by atoms with E-state index in [0.717, 1.165) is 23.4 Å². The van der Waals surface area contributed by atoms with Crippen LogP contribution in [0, 0.1) is 17.2 Å². The molecule has 1 amide bonds. The van der Waals surface area contributed by atoms with E-state index in [1.165, 1.54) is 6.42 Å². The number of nitrogens with one attached hydrogen (secondary N) is 1. The van der Waals surface area contributed by atoms with Gasteiger partial charge < -0.3 is 5.32 Å². The van der Waals surface area contributed by atoms with Gasteiger partial charge in [-0.05, 0) is 19.8 Å². The number of thioether (sulfide) groups is 1. The van der Waals surface area contributed by atoms with Crippen molar-refractivity contribution in [1.29, 1.82) is 5.26 Å². The summed E-state index contributed by atoms with van der Waals surface area (Å²) in [5.41, 5.74) is 0.786. The molecule has 1 saturated carbocycles. The quantitative estimate of drug-likeness (QED) is 0.797. The van der Waals surface area contributed by atoms with E-state index in [0.29, 0.717) is 11.2 Å². The fourth-order valence-corrected chi connectivity index (χ4v) is 3.84. The summed E-state index contributed by atoms with van der Waals surface area (Å²) in [6, 6.07) is 2.26. The van der Waals surface area contributed by atoms with Gasteiger partial charge in [-0.2, -0.15) is 5.26 Å². The molecule has 0 bridgehead atoms. The highest BCUT2D eigenvalue weighted by Crippen LogP contribution is 2.49. The second kappa shape index (κ2) is 4.80. The molecule has 2 aliphatic rings. The number of carbonyl (C=O) groups is 1. The van der Waals surface area contributed by atoms with E-state index in [4.69, 9.17) is 5.26 Å². The van der Waals surface area contributed by atoms with Gasteiger partial charge in [0.25, 0.3) is 0 Å². The molecule has 0 aromatic heterocycles. The van der Waals surface area contributed by atoms with Gasteiger partial charge >= 0.3 is 0 Å². The third kappa shape index (κ3) is 2.14. The molecule has 0 saturated heterocycles. The maximum Gasteiger partial charge on any atom is 0.238 e. The van der Waals surface area contributed by atoms with Crippen LogP contribution in [0.2, 0.25) is 0 Å². The molecule has 1 heterocycles. The number of allylic oxidation sites excluding steroid dienone is 1. The predicted octanol–water partition coefficient (Wildman–Crippen LogP) is 2.54. The Bertz CT molecular complexity index is 386. The van der Waals surface area contributed by atoms with E-state index in [9.17, 15) is 4.79 Å². The Hall–Kier alpha value is -0.470. The first-order valence-electron chi connectivity index (χ1n) is 5.39. The van der Waals surface area contributed by atoms with E-state index < -0.39 is 0 Å². The number of hydrogen-bond acceptors (Lipinski definition) is 3. The SMILES string of the molecule is C[C@@H](Br)C(=O)NC1=C(C#N)[C@H]2CCC[C@@H]2S1. The van der Waals surface area contributed by atoms with Gasteiger partial charge in [-0.1, -0.05) is 22.4 Å². The first-order chi connectivity index (χ1) is 7.63. The predicted molar refractivity (Wildman–Crippen MR) is 67.9 cm³/mol. The van der Waals surface area contributed by atoms with E-state index in [2.05, 4.69) is 27.3 Å². The van der Waals surface area contributed by atoms with Gasteiger partial charge in [-0.25, -0.2) is 0 Å². The monoisotopic (exact) mass is 300 g/mol. The highest BCUT2D eigenvalue weighted by molar-refractivity contribution is 9.10. The van der Waals surface area contributed by atoms with E-state index in [1.54, 1.807) is 18.7 Å². The molecule has 3 nitrogen and oxygen atoms in total. The van der Waals surface area contributed by atoms with Crippen molar-refractivity contribution in [2.24, 2.45) is 5.92 Å². The van der Waals surface area contributed by atoms with Crippen LogP contribution in [0.3, 0.4) is 0 Å². The molecule has 2 rings (SSSR count). The summed E-state index contributed by atoms with van der Waals surface area (Å²) in [6.07, 6.45) is 3.44. The Labute approximate surface area is 108 Å². The summed E-state index contributed by atoms with van der Waals surface area (Å²) in [5.74, 6) is 0.297. The molecule has 0 spiro atoms. The number of fused-ring (bicyclic) bond motifs is 1. The normalized spacial score (nSPS) is 29.8. The lowest BCUT2D eigenvalue weighted by molar-refractivity contribution is -0.119. The molecule has 86 valence electrons. The summed E-state index contributed by atoms with van der Waals surface area (Å²) in [4.78, 5) is 11.3. The molecule has 0 unspecified atom stereocenters. The first kappa shape index (κ1) is 12.0. The minimum atomic E-state index is -0.221. The zero-order valence-electron chi connectivity index (χ0n) is 9.00. The molecule has 1 fully saturated rings. The van der Waals surface area contributed by atoms with Gasteiger partial charge in [0.15, 0.2) is 0 Å². The number of halogens is 1. The molecule has 5 heteroatoms. The Morgan fingerprint density at radius 1 is 1.69 bits per heavy atom. The van der Waals surface area contributed by atoms with Crippen molar-refractivity contribution >= 4 is 33.6 Å². The molecule has 16 heavy (non-hydrogen) atoms. The molecule has 1 aliphatic heterocycles. The molecule has 0 radical (unpaired) electrons. The molecule has 0 aromatic carbocycles. The zero-order chi connectivity index (χ0) is 11.7. The van der Waals surface area contributed by atoms with Crippen LogP contribution >= 0.6 is 27.7 Å². The van der Waals surface area contributed by atoms with Gasteiger partial charge in [0, 0.05) is 11.2 Å². The lowest BCUT2D eigenvalue weighted by Crippen LogP contribution is -2.28. The van der Waals surface area contributed by atoms with Crippen LogP contribution in [0.4, 0.5) is 0 Å². The van der Waals surface area contributed by atoms with Crippen molar-refractivity contribution in [2.75, 3.05) is 0 Å². The van der Waals surface area contributed by atoms with Crippen LogP contribution in [-0.4, -0.2) is 16.0 Å². The van der Waals surface area contributed by atoms with Gasteiger partial charge in [-0.15, -0.1) is 11.8 Å². The van der Waals surface area contributed by atoms with Crippen LogP contribution in [0.1, 0.15) is 26.2 Å². The van der Waals surface area contributed by atoms with Crippen molar-refractivity contribution in [3.05, 3.63) is 10.6 Å². The van der Waals surface area contributed by atoms with E-state index in [1.807, 2.05) is 0 Å². The fourth-order valence-electron chi connectivity index (χ4n) is 2.22. The average molecular weight is 301 g/mol. The summed E-state index contributed by atoms with van der Waals surface area (Å²) in [6.45, 7) is 1.78. The lowest BCUT2D eigenvalue weighted by Gasteiger charge is -2.08. The lowest BCUT2D eigenvalue weighted by atomic mass is 9.99. The molecular formula is C11H13BrN2OS. The number of amides is 1. The second-order valence-electron chi connectivity index (χ2n) is 4.15. The van der Waals surface area contributed by atoms with Crippen LogP contribution in [-0.2, 0) is 4.79 Å². The van der Waals surface area contributed by atoms with Gasteiger partial charge in [0.1, 0.15) is 0 Å². The maximum absolute atomic E-state index is 11.6. The number of rotatable bonds is 2. The molecular weight excluding hydrogens is 288 g/mol. The summed E-state index contributed by atoms with van der Waals surface area (Å²) in [5, 5.41) is 13.3. The van der Waals surface area contributed by atoms with Crippen molar-refractivity contribution in [3.63, 3.8) is 0 Å². The van der Waals surface area contributed by atoms with Crippen molar-refractivity contribution in [3.8, 4) is 6.07 Å². The number of carbonyl (C=O) groups excluding carboxylic acids is 1. The molecule has 3 atom stereocenters. The Morgan fingerprint density at radius 2 is 2.44 bits per heavy atom. The zero-order valence-corrected chi connectivity index (χ0v) is 11.4. The van der Waals surface area contributed by atoms with Gasteiger partial charge in [0.05, 0.1) is 21.5 Å². The fraction of sp³-hybridized carbons (Fsp3) is 0.636. The van der Waals surface area contributed by atoms with Crippen LogP contribution in [0.15, 0.2) is 10.6 Å². The summed E-state index contributed by atoms with van der Waals surface area (Å²) in [7, 11) is 0. The molecule has 1 N–H and O–H groups in total. The summed E-state index contributed by atoms with van der Waals surface area (Å²) < 4.78 is 0. The second-order valence-corrected chi connectivity index (χ2v) is 6.78. The third-order valence-electron chi connectivity index (χ3n) is 3.06. The highest BCUT2D eigenvalue weighted by Gasteiger charge is 2.39. The number of alkyl halides is 1. The van der Waals surface area contributed by atoms with Crippen molar-refractivity contribution in [1.82, 2.24) is 5.32 Å². The van der Waals surface area contributed by atoms with Crippen LogP contribution < -0.4 is 5.32 Å². The smallest absolute Gasteiger partial charge is 0.238 e. The average Bonchev–Trinajstić information content (AvgIpc) is 2.77. The van der Waals surface area contributed by atoms with Crippen molar-refractivity contribution in [2.45, 2.75) is 36.3 Å². The minimum Gasteiger partial charge on any atom is -0.319 e. The topological polar surface area (TPSA) is 52.9 Å². The maximum atomic E-state index is 11.6. The van der Waals surface area contributed by atoms with E-state index in [-0.39, 0.29) is 10.7 Å². The number of nitrogens with zero attached hydrogens (tertiary/aromatic N) is 1.